The standard InChI is InChI=1S/C13H7N5OS/c19-10-4-7-3-8(1-2-9(7)18-10)20-13-11-12(15-5-14-11)16-6-17-13/h1-6H,(H,14,15,16,17). The summed E-state index contributed by atoms with van der Waals surface area (Å²) in [4.78, 5) is 31.6. The van der Waals surface area contributed by atoms with Gasteiger partial charge < -0.3 is 4.98 Å². The molecule has 0 saturated carbocycles. The van der Waals surface area contributed by atoms with Crippen LogP contribution >= 0.6 is 11.8 Å². The zero-order chi connectivity index (χ0) is 13.5. The topological polar surface area (TPSA) is 83.9 Å². The number of H-pyrrole nitrogens is 1. The van der Waals surface area contributed by atoms with Crippen molar-refractivity contribution < 1.29 is 4.79 Å². The first kappa shape index (κ1) is 11.3. The molecular formula is C13H7N5OS. The molecule has 20 heavy (non-hydrogen) atoms. The van der Waals surface area contributed by atoms with Crippen molar-refractivity contribution in [1.82, 2.24) is 19.9 Å². The Balaban J connectivity index is 1.79. The summed E-state index contributed by atoms with van der Waals surface area (Å²) in [5.74, 6) is -0.208. The molecule has 7 heteroatoms. The van der Waals surface area contributed by atoms with Gasteiger partial charge in [-0.25, -0.2) is 19.9 Å². The number of imidazole rings is 1. The molecule has 0 fully saturated rings. The Bertz CT molecular complexity index is 962. The highest BCUT2D eigenvalue weighted by atomic mass is 32.2. The SMILES string of the molecule is O=C1C=c2cc(Sc3ncnc4nc[nH]c34)ccc2=N1. The monoisotopic (exact) mass is 281 g/mol. The highest BCUT2D eigenvalue weighted by molar-refractivity contribution is 7.99. The average Bonchev–Trinajstić information content (AvgIpc) is 3.03. The van der Waals surface area contributed by atoms with Gasteiger partial charge in [0.1, 0.15) is 16.9 Å². The highest BCUT2D eigenvalue weighted by Gasteiger charge is 2.09. The number of carbonyl (C=O) groups is 1. The molecule has 1 N–H and O–H groups in total. The van der Waals surface area contributed by atoms with Crippen LogP contribution in [0.2, 0.25) is 0 Å². The first-order valence-electron chi connectivity index (χ1n) is 5.86. The number of hydrogen-bond donors (Lipinski definition) is 1. The lowest BCUT2D eigenvalue weighted by molar-refractivity contribution is -0.112. The summed E-state index contributed by atoms with van der Waals surface area (Å²) in [6.45, 7) is 0. The maximum atomic E-state index is 11.2. The Hall–Kier alpha value is -2.54. The number of hydrogen-bond acceptors (Lipinski definition) is 5. The second-order valence-electron chi connectivity index (χ2n) is 4.20. The third-order valence-corrected chi connectivity index (χ3v) is 3.90. The summed E-state index contributed by atoms with van der Waals surface area (Å²) in [5, 5.41) is 2.36. The number of aromatic amines is 1. The van der Waals surface area contributed by atoms with E-state index in [1.165, 1.54) is 24.2 Å². The number of rotatable bonds is 2. The molecule has 4 rings (SSSR count). The van der Waals surface area contributed by atoms with E-state index in [-0.39, 0.29) is 5.91 Å². The maximum Gasteiger partial charge on any atom is 0.270 e. The molecule has 3 heterocycles. The van der Waals surface area contributed by atoms with Crippen LogP contribution in [0.25, 0.3) is 17.2 Å². The van der Waals surface area contributed by atoms with Crippen LogP contribution in [-0.4, -0.2) is 25.8 Å². The van der Waals surface area contributed by atoms with Crippen LogP contribution in [0.5, 0.6) is 0 Å². The van der Waals surface area contributed by atoms with Gasteiger partial charge in [-0.1, -0.05) is 11.8 Å². The molecule has 1 aliphatic heterocycles. The Morgan fingerprint density at radius 1 is 1.15 bits per heavy atom. The number of nitrogens with one attached hydrogen (secondary N) is 1. The van der Waals surface area contributed by atoms with Gasteiger partial charge in [0.2, 0.25) is 0 Å². The average molecular weight is 281 g/mol. The van der Waals surface area contributed by atoms with Crippen LogP contribution in [0.3, 0.4) is 0 Å². The summed E-state index contributed by atoms with van der Waals surface area (Å²) >= 11 is 1.49. The third kappa shape index (κ3) is 1.79. The van der Waals surface area contributed by atoms with E-state index in [0.717, 1.165) is 20.7 Å². The minimum atomic E-state index is -0.208. The molecule has 1 aliphatic rings. The predicted octanol–water partition coefficient (Wildman–Crippen LogP) is 0.444. The van der Waals surface area contributed by atoms with Crippen LogP contribution in [0.4, 0.5) is 0 Å². The van der Waals surface area contributed by atoms with Gasteiger partial charge in [0, 0.05) is 16.2 Å². The Morgan fingerprint density at radius 2 is 2.10 bits per heavy atom. The minimum absolute atomic E-state index is 0.208. The quantitative estimate of drug-likeness (QED) is 0.689. The van der Waals surface area contributed by atoms with Gasteiger partial charge in [0.25, 0.3) is 5.91 Å². The van der Waals surface area contributed by atoms with Gasteiger partial charge >= 0.3 is 0 Å². The van der Waals surface area contributed by atoms with Gasteiger partial charge in [0.15, 0.2) is 5.65 Å². The first-order chi connectivity index (χ1) is 9.79. The van der Waals surface area contributed by atoms with Crippen molar-refractivity contribution in [2.45, 2.75) is 9.92 Å². The molecule has 6 nitrogen and oxygen atoms in total. The van der Waals surface area contributed by atoms with Crippen molar-refractivity contribution in [2.75, 3.05) is 0 Å². The number of benzene rings is 1. The van der Waals surface area contributed by atoms with E-state index in [0.29, 0.717) is 11.0 Å². The number of fused-ring (bicyclic) bond motifs is 2. The molecule has 0 spiro atoms. The Morgan fingerprint density at radius 3 is 3.05 bits per heavy atom. The van der Waals surface area contributed by atoms with Gasteiger partial charge in [0.05, 0.1) is 11.7 Å². The van der Waals surface area contributed by atoms with E-state index >= 15 is 0 Å². The molecule has 2 aromatic heterocycles. The van der Waals surface area contributed by atoms with Crippen LogP contribution in [0, 0.1) is 0 Å². The Kier molecular flexibility index (Phi) is 2.40. The number of nitrogens with zero attached hydrogens (tertiary/aromatic N) is 4. The predicted molar refractivity (Wildman–Crippen MR) is 72.5 cm³/mol. The minimum Gasteiger partial charge on any atom is -0.341 e. The zero-order valence-corrected chi connectivity index (χ0v) is 10.9. The fraction of sp³-hybridized carbons (Fsp3) is 0. The van der Waals surface area contributed by atoms with Crippen LogP contribution in [0.15, 0.2) is 45.8 Å². The molecule has 1 aromatic carbocycles. The number of aromatic nitrogens is 4. The molecule has 1 amide bonds. The van der Waals surface area contributed by atoms with Gasteiger partial charge in [-0.15, -0.1) is 0 Å². The smallest absolute Gasteiger partial charge is 0.270 e. The second kappa shape index (κ2) is 4.24. The van der Waals surface area contributed by atoms with E-state index in [9.17, 15) is 4.79 Å². The van der Waals surface area contributed by atoms with Crippen LogP contribution in [0.1, 0.15) is 0 Å². The van der Waals surface area contributed by atoms with Crippen molar-refractivity contribution in [3.63, 3.8) is 0 Å². The first-order valence-corrected chi connectivity index (χ1v) is 6.68. The summed E-state index contributed by atoms with van der Waals surface area (Å²) in [6, 6.07) is 5.69. The number of carbonyl (C=O) groups excluding carboxylic acids is 1. The van der Waals surface area contributed by atoms with Gasteiger partial charge in [-0.2, -0.15) is 0 Å². The van der Waals surface area contributed by atoms with Crippen molar-refractivity contribution in [2.24, 2.45) is 4.99 Å². The number of amides is 1. The lowest BCUT2D eigenvalue weighted by Crippen LogP contribution is -2.20. The molecule has 0 atom stereocenters. The largest absolute Gasteiger partial charge is 0.341 e. The van der Waals surface area contributed by atoms with E-state index < -0.39 is 0 Å². The molecular weight excluding hydrogens is 274 g/mol. The normalized spacial score (nSPS) is 13.1. The van der Waals surface area contributed by atoms with Gasteiger partial charge in [-0.3, -0.25) is 4.79 Å². The van der Waals surface area contributed by atoms with E-state index in [4.69, 9.17) is 0 Å². The fourth-order valence-electron chi connectivity index (χ4n) is 2.03. The molecule has 0 bridgehead atoms. The molecule has 0 saturated heterocycles. The second-order valence-corrected chi connectivity index (χ2v) is 5.26. The lowest BCUT2D eigenvalue weighted by atomic mass is 10.3. The van der Waals surface area contributed by atoms with Crippen molar-refractivity contribution >= 4 is 34.9 Å². The molecule has 0 radical (unpaired) electrons. The molecule has 96 valence electrons. The summed E-state index contributed by atoms with van der Waals surface area (Å²) in [5.41, 5.74) is 1.45. The maximum absolute atomic E-state index is 11.2. The Labute approximate surface area is 116 Å². The molecule has 0 unspecified atom stereocenters. The van der Waals surface area contributed by atoms with Crippen molar-refractivity contribution in [3.8, 4) is 0 Å². The van der Waals surface area contributed by atoms with Crippen LogP contribution < -0.4 is 10.6 Å². The van der Waals surface area contributed by atoms with Crippen molar-refractivity contribution in [3.05, 3.63) is 41.4 Å². The van der Waals surface area contributed by atoms with Crippen molar-refractivity contribution in [1.29, 1.82) is 0 Å². The fourth-order valence-corrected chi connectivity index (χ4v) is 2.93. The summed E-state index contributed by atoms with van der Waals surface area (Å²) in [7, 11) is 0. The summed E-state index contributed by atoms with van der Waals surface area (Å²) in [6.07, 6.45) is 4.62. The van der Waals surface area contributed by atoms with Gasteiger partial charge in [-0.05, 0) is 18.2 Å². The molecule has 3 aromatic rings. The zero-order valence-electron chi connectivity index (χ0n) is 10.1. The molecule has 0 aliphatic carbocycles. The van der Waals surface area contributed by atoms with Crippen LogP contribution in [-0.2, 0) is 4.79 Å². The summed E-state index contributed by atoms with van der Waals surface area (Å²) < 4.78 is 0. The highest BCUT2D eigenvalue weighted by Crippen LogP contribution is 2.28. The van der Waals surface area contributed by atoms with E-state index in [2.05, 4.69) is 24.9 Å². The lowest BCUT2D eigenvalue weighted by Gasteiger charge is -2.00. The van der Waals surface area contributed by atoms with E-state index in [1.807, 2.05) is 18.2 Å². The van der Waals surface area contributed by atoms with E-state index in [1.54, 1.807) is 6.33 Å². The third-order valence-electron chi connectivity index (χ3n) is 2.91.